The molecule has 0 radical (unpaired) electrons. The normalized spacial score (nSPS) is 15.6. The second kappa shape index (κ2) is 10.3. The molecule has 164 valence electrons. The van der Waals surface area contributed by atoms with Crippen LogP contribution in [0.5, 0.6) is 0 Å². The van der Waals surface area contributed by atoms with Crippen molar-refractivity contribution in [2.24, 2.45) is 5.41 Å². The summed E-state index contributed by atoms with van der Waals surface area (Å²) < 4.78 is 42.7. The number of hydrogen-bond acceptors (Lipinski definition) is 4. The van der Waals surface area contributed by atoms with Gasteiger partial charge in [-0.3, -0.25) is 14.5 Å². The fraction of sp³-hybridized carbons (Fsp3) is 0.250. The van der Waals surface area contributed by atoms with Crippen LogP contribution in [0, 0.1) is 5.41 Å². The number of carbonyl (C=O) groups excluding carboxylic acids is 1. The van der Waals surface area contributed by atoms with Gasteiger partial charge in [-0.2, -0.15) is 0 Å². The van der Waals surface area contributed by atoms with Gasteiger partial charge in [0.05, 0.1) is 10.6 Å². The first-order chi connectivity index (χ1) is 14.5. The number of hydrogen-bond donors (Lipinski definition) is 1. The Kier molecular flexibility index (Phi) is 8.05. The van der Waals surface area contributed by atoms with Crippen molar-refractivity contribution >= 4 is 15.8 Å². The molecular weight excluding hydrogens is 415 g/mol. The standard InChI is InChI=1S/C24H27FN2O3S/c1-5-8-20(10-7-14-24(2,3)4)31(29,30)27-22-11-6-9-19(25)17-21(22)23(28)18-12-15-26-16-13-18/h5-8,10-13,15-17,27H,1,9,14H2,2-4H3/b10-7-,20-8+. The Labute approximate surface area is 183 Å². The molecule has 0 bridgehead atoms. The Morgan fingerprint density at radius 2 is 1.97 bits per heavy atom. The monoisotopic (exact) mass is 442 g/mol. The van der Waals surface area contributed by atoms with Crippen LogP contribution in [0.1, 0.15) is 44.0 Å². The molecule has 0 aliphatic heterocycles. The molecular formula is C24H27FN2O3S. The summed E-state index contributed by atoms with van der Waals surface area (Å²) in [6.07, 6.45) is 13.4. The fourth-order valence-electron chi connectivity index (χ4n) is 2.69. The third-order valence-electron chi connectivity index (χ3n) is 4.22. The molecule has 5 nitrogen and oxygen atoms in total. The molecule has 1 N–H and O–H groups in total. The highest BCUT2D eigenvalue weighted by Crippen LogP contribution is 2.23. The molecule has 7 heteroatoms. The van der Waals surface area contributed by atoms with Gasteiger partial charge in [-0.1, -0.05) is 45.6 Å². The van der Waals surface area contributed by atoms with E-state index in [0.29, 0.717) is 6.42 Å². The van der Waals surface area contributed by atoms with Crippen molar-refractivity contribution in [3.05, 3.63) is 101 Å². The minimum Gasteiger partial charge on any atom is -0.289 e. The maximum atomic E-state index is 14.1. The van der Waals surface area contributed by atoms with E-state index in [1.165, 1.54) is 54.9 Å². The average molecular weight is 443 g/mol. The smallest absolute Gasteiger partial charge is 0.261 e. The second-order valence-corrected chi connectivity index (χ2v) is 9.85. The van der Waals surface area contributed by atoms with Crippen LogP contribution in [-0.4, -0.2) is 19.2 Å². The molecule has 1 aromatic heterocycles. The third kappa shape index (κ3) is 7.29. The Morgan fingerprint density at radius 3 is 2.58 bits per heavy atom. The number of aromatic nitrogens is 1. The van der Waals surface area contributed by atoms with Gasteiger partial charge in [0.2, 0.25) is 0 Å². The predicted octanol–water partition coefficient (Wildman–Crippen LogP) is 5.31. The Balaban J connectivity index is 2.47. The van der Waals surface area contributed by atoms with E-state index in [2.05, 4.69) is 16.3 Å². The number of sulfonamides is 1. The van der Waals surface area contributed by atoms with E-state index in [1.54, 1.807) is 6.08 Å². The summed E-state index contributed by atoms with van der Waals surface area (Å²) in [4.78, 5) is 16.8. The van der Waals surface area contributed by atoms with Gasteiger partial charge in [-0.25, -0.2) is 12.8 Å². The van der Waals surface area contributed by atoms with E-state index < -0.39 is 21.6 Å². The highest BCUT2D eigenvalue weighted by molar-refractivity contribution is 7.93. The summed E-state index contributed by atoms with van der Waals surface area (Å²) >= 11 is 0. The molecule has 0 unspecified atom stereocenters. The predicted molar refractivity (Wildman–Crippen MR) is 122 cm³/mol. The van der Waals surface area contributed by atoms with Crippen molar-refractivity contribution in [3.63, 3.8) is 0 Å². The van der Waals surface area contributed by atoms with Gasteiger partial charge in [0, 0.05) is 30.0 Å². The number of allylic oxidation sites excluding steroid dienone is 9. The minimum absolute atomic E-state index is 0.00588. The van der Waals surface area contributed by atoms with E-state index in [4.69, 9.17) is 0 Å². The number of halogens is 1. The SMILES string of the molecule is C=C/C=C(\C=C/CC(C)(C)C)S(=O)(=O)NC1=C(C(=O)c2ccncc2)C=C(F)CC=C1. The molecule has 1 aliphatic rings. The minimum atomic E-state index is -4.06. The van der Waals surface area contributed by atoms with Crippen LogP contribution in [0.3, 0.4) is 0 Å². The topological polar surface area (TPSA) is 76.1 Å². The molecule has 0 saturated heterocycles. The van der Waals surface area contributed by atoms with E-state index in [-0.39, 0.29) is 33.6 Å². The van der Waals surface area contributed by atoms with Gasteiger partial charge in [0.1, 0.15) is 5.83 Å². The van der Waals surface area contributed by atoms with Gasteiger partial charge in [0.25, 0.3) is 10.0 Å². The molecule has 0 atom stereocenters. The summed E-state index contributed by atoms with van der Waals surface area (Å²) in [5.41, 5.74) is 0.172. The van der Waals surface area contributed by atoms with Crippen LogP contribution < -0.4 is 4.72 Å². The molecule has 1 heterocycles. The van der Waals surface area contributed by atoms with Crippen molar-refractivity contribution in [3.8, 4) is 0 Å². The summed E-state index contributed by atoms with van der Waals surface area (Å²) in [6.45, 7) is 9.70. The molecule has 0 saturated carbocycles. The van der Waals surface area contributed by atoms with Crippen molar-refractivity contribution in [1.82, 2.24) is 9.71 Å². The van der Waals surface area contributed by atoms with Gasteiger partial charge in [-0.05, 0) is 48.3 Å². The van der Waals surface area contributed by atoms with Gasteiger partial charge < -0.3 is 0 Å². The summed E-state index contributed by atoms with van der Waals surface area (Å²) in [5.74, 6) is -1.06. The lowest BCUT2D eigenvalue weighted by Crippen LogP contribution is -2.25. The third-order valence-corrected chi connectivity index (χ3v) is 5.61. The summed E-state index contributed by atoms with van der Waals surface area (Å²) in [7, 11) is -4.06. The Morgan fingerprint density at radius 1 is 1.29 bits per heavy atom. The lowest BCUT2D eigenvalue weighted by atomic mass is 9.92. The highest BCUT2D eigenvalue weighted by Gasteiger charge is 2.22. The van der Waals surface area contributed by atoms with E-state index in [9.17, 15) is 17.6 Å². The van der Waals surface area contributed by atoms with E-state index in [1.807, 2.05) is 20.8 Å². The van der Waals surface area contributed by atoms with Gasteiger partial charge >= 0.3 is 0 Å². The van der Waals surface area contributed by atoms with Crippen molar-refractivity contribution < 1.29 is 17.6 Å². The number of pyridine rings is 1. The molecule has 0 amide bonds. The highest BCUT2D eigenvalue weighted by atomic mass is 32.2. The van der Waals surface area contributed by atoms with E-state index >= 15 is 0 Å². The number of ketones is 1. The van der Waals surface area contributed by atoms with Gasteiger partial charge in [0.15, 0.2) is 5.78 Å². The first-order valence-electron chi connectivity index (χ1n) is 9.77. The number of rotatable bonds is 8. The van der Waals surface area contributed by atoms with Crippen molar-refractivity contribution in [2.75, 3.05) is 0 Å². The molecule has 0 spiro atoms. The zero-order valence-corrected chi connectivity index (χ0v) is 18.7. The zero-order valence-electron chi connectivity index (χ0n) is 17.9. The first-order valence-corrected chi connectivity index (χ1v) is 11.3. The van der Waals surface area contributed by atoms with Crippen LogP contribution in [0.15, 0.2) is 95.6 Å². The zero-order chi connectivity index (χ0) is 23.1. The summed E-state index contributed by atoms with van der Waals surface area (Å²) in [5, 5.41) is 0. The molecule has 0 aromatic carbocycles. The summed E-state index contributed by atoms with van der Waals surface area (Å²) in [6, 6.07) is 2.97. The average Bonchev–Trinajstić information content (AvgIpc) is 2.87. The Hall–Kier alpha value is -3.06. The number of nitrogens with zero attached hydrogens (tertiary/aromatic N) is 1. The van der Waals surface area contributed by atoms with Crippen LogP contribution in [0.4, 0.5) is 4.39 Å². The molecule has 2 rings (SSSR count). The first kappa shape index (κ1) is 24.2. The fourth-order valence-corrected chi connectivity index (χ4v) is 3.83. The van der Waals surface area contributed by atoms with Gasteiger partial charge in [-0.15, -0.1) is 0 Å². The van der Waals surface area contributed by atoms with Crippen LogP contribution >= 0.6 is 0 Å². The van der Waals surface area contributed by atoms with Crippen LogP contribution in [0.2, 0.25) is 0 Å². The van der Waals surface area contributed by atoms with Crippen LogP contribution in [-0.2, 0) is 10.0 Å². The van der Waals surface area contributed by atoms with E-state index in [0.717, 1.165) is 6.08 Å². The largest absolute Gasteiger partial charge is 0.289 e. The second-order valence-electron chi connectivity index (χ2n) is 8.17. The van der Waals surface area contributed by atoms with Crippen molar-refractivity contribution in [1.29, 1.82) is 0 Å². The lowest BCUT2D eigenvalue weighted by molar-refractivity contribution is 0.103. The molecule has 31 heavy (non-hydrogen) atoms. The maximum Gasteiger partial charge on any atom is 0.261 e. The Bertz CT molecular complexity index is 1090. The lowest BCUT2D eigenvalue weighted by Gasteiger charge is -2.15. The number of nitrogens with one attached hydrogen (secondary N) is 1. The molecule has 1 aliphatic carbocycles. The molecule has 1 aromatic rings. The molecule has 0 fully saturated rings. The maximum absolute atomic E-state index is 14.1. The number of Topliss-reactive ketones (excluding diaryl/α,β-unsaturated/α-hetero) is 1. The van der Waals surface area contributed by atoms with Crippen LogP contribution in [0.25, 0.3) is 0 Å². The quantitative estimate of drug-likeness (QED) is 0.437. The number of carbonyl (C=O) groups is 1. The van der Waals surface area contributed by atoms with Crippen molar-refractivity contribution in [2.45, 2.75) is 33.6 Å².